The maximum atomic E-state index is 13.7. The second kappa shape index (κ2) is 15.3. The number of aromatic nitrogens is 2. The largest absolute Gasteiger partial charge is 0.352 e. The van der Waals surface area contributed by atoms with E-state index in [9.17, 15) is 9.18 Å². The van der Waals surface area contributed by atoms with Gasteiger partial charge in [-0.2, -0.15) is 0 Å². The molecule has 0 aliphatic heterocycles. The summed E-state index contributed by atoms with van der Waals surface area (Å²) in [5.74, 6) is 0.350. The van der Waals surface area contributed by atoms with Crippen LogP contribution in [0.5, 0.6) is 0 Å². The van der Waals surface area contributed by atoms with Gasteiger partial charge in [0, 0.05) is 19.5 Å². The molecule has 0 spiro atoms. The van der Waals surface area contributed by atoms with Crippen molar-refractivity contribution in [1.82, 2.24) is 14.9 Å². The molecule has 1 amide bonds. The van der Waals surface area contributed by atoms with Gasteiger partial charge in [-0.25, -0.2) is 9.37 Å². The van der Waals surface area contributed by atoms with Crippen molar-refractivity contribution >= 4 is 16.9 Å². The van der Waals surface area contributed by atoms with Gasteiger partial charge >= 0.3 is 0 Å². The van der Waals surface area contributed by atoms with Gasteiger partial charge in [0.1, 0.15) is 11.6 Å². The molecule has 0 aliphatic carbocycles. The van der Waals surface area contributed by atoms with Crippen LogP contribution in [0.2, 0.25) is 0 Å². The maximum Gasteiger partial charge on any atom is 0.254 e. The van der Waals surface area contributed by atoms with Crippen LogP contribution in [0.15, 0.2) is 48.5 Å². The highest BCUT2D eigenvalue weighted by Gasteiger charge is 2.11. The Balaban J connectivity index is 1.38. The van der Waals surface area contributed by atoms with E-state index in [1.54, 1.807) is 12.1 Å². The molecule has 35 heavy (non-hydrogen) atoms. The molecule has 0 fully saturated rings. The van der Waals surface area contributed by atoms with Gasteiger partial charge in [0.25, 0.3) is 5.91 Å². The smallest absolute Gasteiger partial charge is 0.254 e. The van der Waals surface area contributed by atoms with Gasteiger partial charge < -0.3 is 9.88 Å². The third kappa shape index (κ3) is 8.79. The Bertz CT molecular complexity index is 1030. The molecular formula is C30H42FN3O. The maximum absolute atomic E-state index is 13.7. The number of hydrogen-bond acceptors (Lipinski definition) is 2. The second-order valence-electron chi connectivity index (χ2n) is 9.54. The highest BCUT2D eigenvalue weighted by Crippen LogP contribution is 2.19. The van der Waals surface area contributed by atoms with Crippen LogP contribution in [-0.2, 0) is 13.0 Å². The first-order chi connectivity index (χ1) is 17.2. The van der Waals surface area contributed by atoms with Crippen LogP contribution < -0.4 is 5.32 Å². The van der Waals surface area contributed by atoms with Crippen LogP contribution in [0.3, 0.4) is 0 Å². The lowest BCUT2D eigenvalue weighted by Crippen LogP contribution is -2.25. The number of halogens is 1. The van der Waals surface area contributed by atoms with E-state index in [0.717, 1.165) is 37.7 Å². The van der Waals surface area contributed by atoms with Gasteiger partial charge in [-0.05, 0) is 43.5 Å². The SMILES string of the molecule is CCCCCCCCCCCn1c(CCCCCNC(=O)c2ccccc2F)nc2ccccc21. The summed E-state index contributed by atoms with van der Waals surface area (Å²) in [6.07, 6.45) is 15.8. The van der Waals surface area contributed by atoms with E-state index in [1.165, 1.54) is 81.3 Å². The van der Waals surface area contributed by atoms with E-state index in [2.05, 4.69) is 41.1 Å². The topological polar surface area (TPSA) is 46.9 Å². The number of carbonyl (C=O) groups excluding carboxylic acids is 1. The summed E-state index contributed by atoms with van der Waals surface area (Å²) >= 11 is 0. The van der Waals surface area contributed by atoms with E-state index in [-0.39, 0.29) is 11.5 Å². The molecule has 5 heteroatoms. The van der Waals surface area contributed by atoms with Crippen LogP contribution in [0.25, 0.3) is 11.0 Å². The summed E-state index contributed by atoms with van der Waals surface area (Å²) in [5.41, 5.74) is 2.42. The van der Waals surface area contributed by atoms with Crippen molar-refractivity contribution in [1.29, 1.82) is 0 Å². The van der Waals surface area contributed by atoms with Crippen LogP contribution in [-0.4, -0.2) is 22.0 Å². The molecule has 0 unspecified atom stereocenters. The molecule has 0 saturated heterocycles. The van der Waals surface area contributed by atoms with E-state index in [4.69, 9.17) is 4.98 Å². The normalized spacial score (nSPS) is 11.3. The molecule has 3 rings (SSSR count). The first-order valence-electron chi connectivity index (χ1n) is 13.7. The standard InChI is InChI=1S/C30H42FN3O/c1-2-3-4-5-6-7-8-9-17-24-34-28-21-15-14-20-27(28)33-29(34)22-11-10-16-23-32-30(35)25-18-12-13-19-26(25)31/h12-15,18-21H,2-11,16-17,22-24H2,1H3,(H,32,35). The number of unbranched alkanes of at least 4 members (excludes halogenated alkanes) is 10. The molecule has 0 aliphatic rings. The number of carbonyl (C=O) groups is 1. The fourth-order valence-electron chi connectivity index (χ4n) is 4.67. The number of fused-ring (bicyclic) bond motifs is 1. The number of nitrogens with zero attached hydrogens (tertiary/aromatic N) is 2. The summed E-state index contributed by atoms with van der Waals surface area (Å²) in [6, 6.07) is 14.5. The number of benzene rings is 2. The summed E-state index contributed by atoms with van der Waals surface area (Å²) in [5, 5.41) is 2.83. The molecule has 0 bridgehead atoms. The molecular weight excluding hydrogens is 437 g/mol. The van der Waals surface area contributed by atoms with Crippen molar-refractivity contribution in [2.24, 2.45) is 0 Å². The third-order valence-corrected chi connectivity index (χ3v) is 6.70. The van der Waals surface area contributed by atoms with Crippen molar-refractivity contribution < 1.29 is 9.18 Å². The Kier molecular flexibility index (Phi) is 11.8. The first-order valence-corrected chi connectivity index (χ1v) is 13.7. The molecule has 1 aromatic heterocycles. The van der Waals surface area contributed by atoms with E-state index in [1.807, 2.05) is 0 Å². The Morgan fingerprint density at radius 2 is 1.49 bits per heavy atom. The summed E-state index contributed by atoms with van der Waals surface area (Å²) in [4.78, 5) is 17.0. The summed E-state index contributed by atoms with van der Waals surface area (Å²) in [7, 11) is 0. The van der Waals surface area contributed by atoms with Gasteiger partial charge in [0.2, 0.25) is 0 Å². The molecule has 0 saturated carbocycles. The number of nitrogens with one attached hydrogen (secondary N) is 1. The Morgan fingerprint density at radius 3 is 2.26 bits per heavy atom. The second-order valence-corrected chi connectivity index (χ2v) is 9.54. The Morgan fingerprint density at radius 1 is 0.829 bits per heavy atom. The highest BCUT2D eigenvalue weighted by atomic mass is 19.1. The Hall–Kier alpha value is -2.69. The van der Waals surface area contributed by atoms with Gasteiger partial charge in [0.05, 0.1) is 16.6 Å². The van der Waals surface area contributed by atoms with Crippen molar-refractivity contribution in [2.45, 2.75) is 96.9 Å². The lowest BCUT2D eigenvalue weighted by atomic mass is 10.1. The number of aryl methyl sites for hydroxylation is 2. The molecule has 0 radical (unpaired) electrons. The lowest BCUT2D eigenvalue weighted by Gasteiger charge is -2.10. The number of hydrogen-bond donors (Lipinski definition) is 1. The monoisotopic (exact) mass is 479 g/mol. The molecule has 2 aromatic carbocycles. The number of rotatable bonds is 17. The third-order valence-electron chi connectivity index (χ3n) is 6.70. The molecule has 190 valence electrons. The zero-order chi connectivity index (χ0) is 24.7. The van der Waals surface area contributed by atoms with Crippen LogP contribution in [0.4, 0.5) is 4.39 Å². The van der Waals surface area contributed by atoms with E-state index in [0.29, 0.717) is 6.54 Å². The minimum atomic E-state index is -0.476. The van der Waals surface area contributed by atoms with Gasteiger partial charge in [-0.1, -0.05) is 89.0 Å². The fraction of sp³-hybridized carbons (Fsp3) is 0.533. The molecule has 3 aromatic rings. The van der Waals surface area contributed by atoms with E-state index >= 15 is 0 Å². The lowest BCUT2D eigenvalue weighted by molar-refractivity contribution is 0.0949. The number of para-hydroxylation sites is 2. The number of amides is 1. The minimum Gasteiger partial charge on any atom is -0.352 e. The van der Waals surface area contributed by atoms with E-state index < -0.39 is 5.82 Å². The quantitative estimate of drug-likeness (QED) is 0.200. The van der Waals surface area contributed by atoms with Crippen molar-refractivity contribution in [2.75, 3.05) is 6.54 Å². The zero-order valence-corrected chi connectivity index (χ0v) is 21.4. The van der Waals surface area contributed by atoms with Crippen LogP contribution in [0.1, 0.15) is 100 Å². The predicted molar refractivity (Wildman–Crippen MR) is 143 cm³/mol. The van der Waals surface area contributed by atoms with Crippen LogP contribution >= 0.6 is 0 Å². The highest BCUT2D eigenvalue weighted by molar-refractivity contribution is 5.94. The fourth-order valence-corrected chi connectivity index (χ4v) is 4.67. The van der Waals surface area contributed by atoms with Gasteiger partial charge in [-0.3, -0.25) is 4.79 Å². The average molecular weight is 480 g/mol. The van der Waals surface area contributed by atoms with Gasteiger partial charge in [0.15, 0.2) is 0 Å². The van der Waals surface area contributed by atoms with Gasteiger partial charge in [-0.15, -0.1) is 0 Å². The van der Waals surface area contributed by atoms with Crippen molar-refractivity contribution in [3.05, 3.63) is 65.7 Å². The Labute approximate surface area is 210 Å². The summed E-state index contributed by atoms with van der Waals surface area (Å²) in [6.45, 7) is 3.86. The minimum absolute atomic E-state index is 0.109. The summed E-state index contributed by atoms with van der Waals surface area (Å²) < 4.78 is 16.1. The molecule has 1 heterocycles. The molecule has 0 atom stereocenters. The molecule has 1 N–H and O–H groups in total. The average Bonchev–Trinajstić information content (AvgIpc) is 3.22. The first kappa shape index (κ1) is 26.9. The van der Waals surface area contributed by atoms with Crippen molar-refractivity contribution in [3.8, 4) is 0 Å². The molecule has 4 nitrogen and oxygen atoms in total. The van der Waals surface area contributed by atoms with Crippen LogP contribution in [0, 0.1) is 5.82 Å². The predicted octanol–water partition coefficient (Wildman–Crippen LogP) is 7.85. The zero-order valence-electron chi connectivity index (χ0n) is 21.4. The van der Waals surface area contributed by atoms with Crippen molar-refractivity contribution in [3.63, 3.8) is 0 Å². The number of imidazole rings is 1.